The van der Waals surface area contributed by atoms with E-state index in [4.69, 9.17) is 0 Å². The zero-order valence-electron chi connectivity index (χ0n) is 30.0. The van der Waals surface area contributed by atoms with Crippen LogP contribution >= 0.6 is 0 Å². The number of hydrogen-bond donors (Lipinski definition) is 0. The molecule has 0 aliphatic carbocycles. The molecule has 0 N–H and O–H groups in total. The molecule has 0 aromatic heterocycles. The quantitative estimate of drug-likeness (QED) is 0.163. The average Bonchev–Trinajstić information content (AvgIpc) is 3.50. The van der Waals surface area contributed by atoms with E-state index in [0.717, 1.165) is 0 Å². The van der Waals surface area contributed by atoms with Crippen LogP contribution in [-0.4, -0.2) is 22.3 Å². The molecule has 244 valence electrons. The molecule has 0 nitrogen and oxygen atoms in total. The largest absolute Gasteiger partial charge is 1.00 e. The maximum atomic E-state index is 2.47. The monoisotopic (exact) mass is 718 g/mol. The Morgan fingerprint density at radius 3 is 1.09 bits per heavy atom. The van der Waals surface area contributed by atoms with E-state index in [0.29, 0.717) is 0 Å². The summed E-state index contributed by atoms with van der Waals surface area (Å²) in [5, 5.41) is 9.19. The van der Waals surface area contributed by atoms with Crippen molar-refractivity contribution >= 4 is 54.3 Å². The number of benzene rings is 2. The normalized spacial score (nSPS) is 11.2. The standard InChI is InChI=1S/2C18H27Si.C2H6Si.2ClH.Ti/c2*1-6-8-14-10-15(9-7-2)18-13-17(19(3,4)5)12-16(18)11-14;1-3-2;;;/h2*10-13H,6-9H2,1-5H3;1-2H3;2*1H;/q2*-1;;;;+2/p-2. The number of fused-ring (bicyclic) bond motifs is 2. The van der Waals surface area contributed by atoms with Gasteiger partial charge in [-0.05, 0) is 25.7 Å². The van der Waals surface area contributed by atoms with Crippen molar-refractivity contribution in [2.45, 2.75) is 131 Å². The topological polar surface area (TPSA) is 0 Å². The van der Waals surface area contributed by atoms with Gasteiger partial charge < -0.3 is 24.8 Å². The zero-order valence-corrected chi connectivity index (χ0v) is 36.1. The molecule has 6 heteroatoms. The van der Waals surface area contributed by atoms with Crippen molar-refractivity contribution in [3.63, 3.8) is 0 Å². The van der Waals surface area contributed by atoms with E-state index in [1.165, 1.54) is 84.0 Å². The number of rotatable bonds is 10. The summed E-state index contributed by atoms with van der Waals surface area (Å²) in [7, 11) is -2.40. The summed E-state index contributed by atoms with van der Waals surface area (Å²) in [6, 6.07) is 19.6. The summed E-state index contributed by atoms with van der Waals surface area (Å²) < 4.78 is 0. The fourth-order valence-electron chi connectivity index (χ4n) is 5.62. The van der Waals surface area contributed by atoms with Gasteiger partial charge in [-0.2, -0.15) is 12.1 Å². The molecule has 0 unspecified atom stereocenters. The molecule has 0 saturated carbocycles. The minimum absolute atomic E-state index is 0. The van der Waals surface area contributed by atoms with E-state index in [1.54, 1.807) is 21.5 Å². The Morgan fingerprint density at radius 1 is 0.545 bits per heavy atom. The minimum Gasteiger partial charge on any atom is -1.00 e. The summed E-state index contributed by atoms with van der Waals surface area (Å²) in [6.07, 6.45) is 9.90. The van der Waals surface area contributed by atoms with Crippen molar-refractivity contribution in [2.75, 3.05) is 0 Å². The van der Waals surface area contributed by atoms with Gasteiger partial charge in [-0.3, -0.25) is 0 Å². The Hall–Kier alpha value is -0.395. The Bertz CT molecular complexity index is 1330. The first kappa shape index (κ1) is 43.6. The number of hydrogen-bond acceptors (Lipinski definition) is 0. The summed E-state index contributed by atoms with van der Waals surface area (Å²) >= 11 is 2.27. The van der Waals surface area contributed by atoms with Crippen LogP contribution < -0.4 is 35.2 Å². The number of halogens is 2. The van der Waals surface area contributed by atoms with E-state index in [1.807, 2.05) is 0 Å². The van der Waals surface area contributed by atoms with Gasteiger partial charge in [0.15, 0.2) is 0 Å². The van der Waals surface area contributed by atoms with Crippen molar-refractivity contribution in [2.24, 2.45) is 0 Å². The summed E-state index contributed by atoms with van der Waals surface area (Å²) in [5.41, 5.74) is 6.17. The Kier molecular flexibility index (Phi) is 19.9. The predicted molar refractivity (Wildman–Crippen MR) is 199 cm³/mol. The van der Waals surface area contributed by atoms with Crippen LogP contribution in [0.5, 0.6) is 0 Å². The summed E-state index contributed by atoms with van der Waals surface area (Å²) in [5.74, 6) is 0. The molecule has 0 bridgehead atoms. The molecular weight excluding hydrogens is 659 g/mol. The van der Waals surface area contributed by atoms with Crippen molar-refractivity contribution in [1.29, 1.82) is 0 Å². The Balaban J connectivity index is 0.000000720. The molecule has 0 aliphatic heterocycles. The van der Waals surface area contributed by atoms with Gasteiger partial charge in [-0.25, -0.2) is 0 Å². The van der Waals surface area contributed by atoms with Crippen molar-refractivity contribution < 1.29 is 44.0 Å². The molecule has 0 heterocycles. The van der Waals surface area contributed by atoms with Crippen LogP contribution in [0.4, 0.5) is 0 Å². The molecule has 0 atom stereocenters. The molecule has 0 radical (unpaired) electrons. The average molecular weight is 720 g/mol. The smallest absolute Gasteiger partial charge is 1.00 e. The first-order chi connectivity index (χ1) is 19.6. The van der Waals surface area contributed by atoms with Crippen LogP contribution in [-0.2, 0) is 44.9 Å². The van der Waals surface area contributed by atoms with Crippen LogP contribution in [0.3, 0.4) is 0 Å². The molecular formula is C38H60Cl2Si3Ti-2. The van der Waals surface area contributed by atoms with Crippen molar-refractivity contribution in [1.82, 2.24) is 0 Å². The molecule has 4 rings (SSSR count). The van der Waals surface area contributed by atoms with Gasteiger partial charge >= 0.3 is 38.5 Å². The van der Waals surface area contributed by atoms with Crippen LogP contribution in [0.15, 0.2) is 48.5 Å². The third-order valence-electron chi connectivity index (χ3n) is 7.78. The maximum Gasteiger partial charge on any atom is -1.00 e. The second-order valence-corrected chi connectivity index (χ2v) is 31.3. The van der Waals surface area contributed by atoms with E-state index >= 15 is 0 Å². The second-order valence-electron chi connectivity index (χ2n) is 14.5. The van der Waals surface area contributed by atoms with E-state index in [-0.39, 0.29) is 31.0 Å². The van der Waals surface area contributed by atoms with E-state index < -0.39 is 16.1 Å². The molecule has 4 aromatic rings. The van der Waals surface area contributed by atoms with Gasteiger partial charge in [0.1, 0.15) is 0 Å². The minimum atomic E-state index is -1.20. The van der Waals surface area contributed by atoms with Gasteiger partial charge in [-0.1, -0.05) is 127 Å². The third-order valence-corrected chi connectivity index (χ3v) is 11.8. The van der Waals surface area contributed by atoms with Gasteiger partial charge in [0.05, 0.1) is 16.1 Å². The van der Waals surface area contributed by atoms with Crippen LogP contribution in [0.2, 0.25) is 52.4 Å². The van der Waals surface area contributed by atoms with E-state index in [9.17, 15) is 0 Å². The zero-order chi connectivity index (χ0) is 31.7. The van der Waals surface area contributed by atoms with Crippen LogP contribution in [0, 0.1) is 0 Å². The summed E-state index contributed by atoms with van der Waals surface area (Å²) in [4.78, 5) is 0. The Morgan fingerprint density at radius 2 is 0.841 bits per heavy atom. The first-order valence-corrected chi connectivity index (χ1v) is 28.5. The molecule has 0 spiro atoms. The van der Waals surface area contributed by atoms with Gasteiger partial charge in [0, 0.05) is 0 Å². The second kappa shape index (κ2) is 20.1. The van der Waals surface area contributed by atoms with Crippen molar-refractivity contribution in [3.8, 4) is 0 Å². The molecule has 4 aromatic carbocycles. The first-order valence-electron chi connectivity index (χ1n) is 16.6. The SMILES string of the molecule is CCCc1cc(CCC)c2cc([Si](C)(C)C)[cH-]c2c1.CCCc1cc(CCC)c2cc([Si](C)(C)C)[cH-]c2c1.C[Si](C)=[Ti+2].[Cl-].[Cl-]. The van der Waals surface area contributed by atoms with Crippen LogP contribution in [0.25, 0.3) is 21.5 Å². The van der Waals surface area contributed by atoms with E-state index in [2.05, 4.69) is 148 Å². The Labute approximate surface area is 298 Å². The van der Waals surface area contributed by atoms with Crippen LogP contribution in [0.1, 0.15) is 75.6 Å². The molecule has 44 heavy (non-hydrogen) atoms. The summed E-state index contributed by atoms with van der Waals surface area (Å²) in [6.45, 7) is 28.3. The predicted octanol–water partition coefficient (Wildman–Crippen LogP) is 4.81. The van der Waals surface area contributed by atoms with Gasteiger partial charge in [0.2, 0.25) is 0 Å². The van der Waals surface area contributed by atoms with Crippen molar-refractivity contribution in [3.05, 3.63) is 70.8 Å². The fourth-order valence-corrected chi connectivity index (χ4v) is 7.95. The molecule has 0 saturated heterocycles. The molecule has 0 amide bonds. The van der Waals surface area contributed by atoms with Gasteiger partial charge in [0.25, 0.3) is 0 Å². The third kappa shape index (κ3) is 13.4. The molecule has 0 fully saturated rings. The number of aryl methyl sites for hydroxylation is 4. The van der Waals surface area contributed by atoms with Gasteiger partial charge in [-0.15, -0.1) is 56.2 Å². The molecule has 0 aliphatic rings. The maximum absolute atomic E-state index is 2.47. The fraction of sp³-hybridized carbons (Fsp3) is 0.526.